The van der Waals surface area contributed by atoms with Crippen LogP contribution in [0, 0.1) is 6.92 Å². The Morgan fingerprint density at radius 3 is 2.50 bits per heavy atom. The van der Waals surface area contributed by atoms with Gasteiger partial charge in [-0.05, 0) is 19.8 Å². The maximum absolute atomic E-state index is 12.5. The monoisotopic (exact) mass is 253 g/mol. The van der Waals surface area contributed by atoms with Crippen LogP contribution in [0.5, 0.6) is 0 Å². The molecule has 1 rings (SSSR count). The zero-order valence-corrected chi connectivity index (χ0v) is 11.7. The number of aryl methyl sites for hydroxylation is 2. The fourth-order valence-electron chi connectivity index (χ4n) is 2.25. The average Bonchev–Trinajstić information content (AvgIpc) is 2.68. The summed E-state index contributed by atoms with van der Waals surface area (Å²) in [5, 5.41) is 13.3. The minimum Gasteiger partial charge on any atom is -0.395 e. The van der Waals surface area contributed by atoms with Crippen molar-refractivity contribution in [1.29, 1.82) is 0 Å². The van der Waals surface area contributed by atoms with Gasteiger partial charge in [0.25, 0.3) is 5.91 Å². The molecule has 0 aromatic carbocycles. The van der Waals surface area contributed by atoms with Crippen LogP contribution in [0.2, 0.25) is 0 Å². The molecule has 0 unspecified atom stereocenters. The number of carbonyl (C=O) groups is 1. The van der Waals surface area contributed by atoms with Gasteiger partial charge in [0, 0.05) is 25.8 Å². The maximum Gasteiger partial charge on any atom is 0.257 e. The van der Waals surface area contributed by atoms with Crippen LogP contribution in [0.25, 0.3) is 0 Å². The minimum atomic E-state index is -0.0386. The molecule has 18 heavy (non-hydrogen) atoms. The number of hydrogen-bond donors (Lipinski definition) is 1. The van der Waals surface area contributed by atoms with Gasteiger partial charge in [-0.2, -0.15) is 5.10 Å². The average molecular weight is 253 g/mol. The van der Waals surface area contributed by atoms with Crippen LogP contribution in [0.4, 0.5) is 0 Å². The van der Waals surface area contributed by atoms with Gasteiger partial charge in [0.2, 0.25) is 0 Å². The molecule has 5 heteroatoms. The number of aliphatic hydroxyl groups excluding tert-OH is 1. The summed E-state index contributed by atoms with van der Waals surface area (Å²) in [7, 11) is 1.80. The number of amides is 1. The van der Waals surface area contributed by atoms with Crippen LogP contribution < -0.4 is 0 Å². The molecule has 102 valence electrons. The van der Waals surface area contributed by atoms with Crippen LogP contribution in [-0.2, 0) is 7.05 Å². The molecule has 0 bridgehead atoms. The summed E-state index contributed by atoms with van der Waals surface area (Å²) in [4.78, 5) is 14.2. The van der Waals surface area contributed by atoms with Gasteiger partial charge in [0.1, 0.15) is 0 Å². The second-order valence-corrected chi connectivity index (χ2v) is 4.49. The molecule has 0 aliphatic rings. The Labute approximate surface area is 108 Å². The SMILES string of the molecule is CCC(CC)N(CCO)C(=O)c1cn(C)nc1C. The van der Waals surface area contributed by atoms with Crippen molar-refractivity contribution < 1.29 is 9.90 Å². The molecule has 0 spiro atoms. The summed E-state index contributed by atoms with van der Waals surface area (Å²) >= 11 is 0. The number of aliphatic hydroxyl groups is 1. The molecule has 1 aromatic heterocycles. The Morgan fingerprint density at radius 1 is 1.50 bits per heavy atom. The number of aromatic nitrogens is 2. The van der Waals surface area contributed by atoms with Crippen LogP contribution in [-0.4, -0.2) is 44.9 Å². The molecule has 5 nitrogen and oxygen atoms in total. The van der Waals surface area contributed by atoms with Crippen molar-refractivity contribution in [2.45, 2.75) is 39.7 Å². The number of nitrogens with zero attached hydrogens (tertiary/aromatic N) is 3. The lowest BCUT2D eigenvalue weighted by Gasteiger charge is -2.29. The molecule has 0 aliphatic heterocycles. The van der Waals surface area contributed by atoms with E-state index in [1.165, 1.54) is 0 Å². The van der Waals surface area contributed by atoms with E-state index < -0.39 is 0 Å². The first-order valence-corrected chi connectivity index (χ1v) is 6.47. The topological polar surface area (TPSA) is 58.4 Å². The van der Waals surface area contributed by atoms with Crippen molar-refractivity contribution in [2.24, 2.45) is 7.05 Å². The highest BCUT2D eigenvalue weighted by Crippen LogP contribution is 2.15. The van der Waals surface area contributed by atoms with E-state index in [-0.39, 0.29) is 18.6 Å². The smallest absolute Gasteiger partial charge is 0.257 e. The van der Waals surface area contributed by atoms with E-state index in [0.29, 0.717) is 12.1 Å². The van der Waals surface area contributed by atoms with Crippen molar-refractivity contribution in [3.63, 3.8) is 0 Å². The fourth-order valence-corrected chi connectivity index (χ4v) is 2.25. The second-order valence-electron chi connectivity index (χ2n) is 4.49. The van der Waals surface area contributed by atoms with Crippen LogP contribution in [0.1, 0.15) is 42.7 Å². The Bertz CT molecular complexity index is 397. The maximum atomic E-state index is 12.5. The molecule has 1 N–H and O–H groups in total. The summed E-state index contributed by atoms with van der Waals surface area (Å²) in [5.41, 5.74) is 1.36. The van der Waals surface area contributed by atoms with Gasteiger partial charge in [-0.15, -0.1) is 0 Å². The predicted molar refractivity (Wildman–Crippen MR) is 70.4 cm³/mol. The molecular formula is C13H23N3O2. The molecule has 1 aromatic rings. The molecule has 0 radical (unpaired) electrons. The number of rotatable bonds is 6. The first-order valence-electron chi connectivity index (χ1n) is 6.47. The Morgan fingerprint density at radius 2 is 2.11 bits per heavy atom. The molecule has 1 amide bonds. The Balaban J connectivity index is 2.98. The van der Waals surface area contributed by atoms with E-state index in [1.807, 2.05) is 6.92 Å². The Hall–Kier alpha value is -1.36. The van der Waals surface area contributed by atoms with Gasteiger partial charge in [-0.25, -0.2) is 0 Å². The van der Waals surface area contributed by atoms with E-state index in [0.717, 1.165) is 18.5 Å². The summed E-state index contributed by atoms with van der Waals surface area (Å²) in [6.45, 7) is 6.31. The highest BCUT2D eigenvalue weighted by molar-refractivity contribution is 5.95. The van der Waals surface area contributed by atoms with E-state index in [9.17, 15) is 4.79 Å². The highest BCUT2D eigenvalue weighted by atomic mass is 16.3. The van der Waals surface area contributed by atoms with Gasteiger partial charge < -0.3 is 10.0 Å². The van der Waals surface area contributed by atoms with Crippen molar-refractivity contribution in [2.75, 3.05) is 13.2 Å². The molecule has 0 atom stereocenters. The van der Waals surface area contributed by atoms with Gasteiger partial charge in [0.05, 0.1) is 17.9 Å². The van der Waals surface area contributed by atoms with Crippen molar-refractivity contribution in [1.82, 2.24) is 14.7 Å². The molecular weight excluding hydrogens is 230 g/mol. The molecule has 0 saturated heterocycles. The summed E-state index contributed by atoms with van der Waals surface area (Å²) in [6.07, 6.45) is 3.52. The van der Waals surface area contributed by atoms with Gasteiger partial charge in [-0.3, -0.25) is 9.48 Å². The Kier molecular flexibility index (Phi) is 5.34. The third kappa shape index (κ3) is 3.10. The highest BCUT2D eigenvalue weighted by Gasteiger charge is 2.24. The lowest BCUT2D eigenvalue weighted by atomic mass is 10.1. The third-order valence-electron chi connectivity index (χ3n) is 3.23. The summed E-state index contributed by atoms with van der Waals surface area (Å²) < 4.78 is 1.65. The summed E-state index contributed by atoms with van der Waals surface area (Å²) in [6, 6.07) is 0.171. The lowest BCUT2D eigenvalue weighted by molar-refractivity contribution is 0.0621. The third-order valence-corrected chi connectivity index (χ3v) is 3.23. The fraction of sp³-hybridized carbons (Fsp3) is 0.692. The van der Waals surface area contributed by atoms with Crippen molar-refractivity contribution in [3.8, 4) is 0 Å². The largest absolute Gasteiger partial charge is 0.395 e. The molecule has 0 saturated carbocycles. The predicted octanol–water partition coefficient (Wildman–Crippen LogP) is 1.35. The van der Waals surface area contributed by atoms with Gasteiger partial charge >= 0.3 is 0 Å². The van der Waals surface area contributed by atoms with Gasteiger partial charge in [-0.1, -0.05) is 13.8 Å². The quantitative estimate of drug-likeness (QED) is 0.832. The normalized spacial score (nSPS) is 11.0. The molecule has 0 fully saturated rings. The van der Waals surface area contributed by atoms with Crippen LogP contribution in [0.3, 0.4) is 0 Å². The molecule has 1 heterocycles. The first kappa shape index (κ1) is 14.7. The minimum absolute atomic E-state index is 0.0124. The van der Waals surface area contributed by atoms with Gasteiger partial charge in [0.15, 0.2) is 0 Å². The first-order chi connectivity index (χ1) is 8.54. The molecule has 0 aliphatic carbocycles. The van der Waals surface area contributed by atoms with E-state index in [2.05, 4.69) is 18.9 Å². The van der Waals surface area contributed by atoms with Crippen LogP contribution in [0.15, 0.2) is 6.20 Å². The summed E-state index contributed by atoms with van der Waals surface area (Å²) in [5.74, 6) is -0.0386. The van der Waals surface area contributed by atoms with Crippen LogP contribution >= 0.6 is 0 Å². The second kappa shape index (κ2) is 6.54. The number of carbonyl (C=O) groups excluding carboxylic acids is 1. The van der Waals surface area contributed by atoms with Crippen molar-refractivity contribution in [3.05, 3.63) is 17.5 Å². The standard InChI is InChI=1S/C13H23N3O2/c1-5-11(6-2)16(7-8-17)13(18)12-9-15(4)14-10(12)3/h9,11,17H,5-8H2,1-4H3. The van der Waals surface area contributed by atoms with E-state index >= 15 is 0 Å². The zero-order chi connectivity index (χ0) is 13.7. The lowest BCUT2D eigenvalue weighted by Crippen LogP contribution is -2.41. The van der Waals surface area contributed by atoms with Crippen molar-refractivity contribution >= 4 is 5.91 Å². The number of hydrogen-bond acceptors (Lipinski definition) is 3. The van der Waals surface area contributed by atoms with E-state index in [1.54, 1.807) is 22.8 Å². The zero-order valence-electron chi connectivity index (χ0n) is 11.7. The van der Waals surface area contributed by atoms with E-state index in [4.69, 9.17) is 5.11 Å².